The van der Waals surface area contributed by atoms with Crippen LogP contribution in [0.4, 0.5) is 0 Å². The molecule has 0 unspecified atom stereocenters. The van der Waals surface area contributed by atoms with Crippen molar-refractivity contribution in [2.24, 2.45) is 11.7 Å². The summed E-state index contributed by atoms with van der Waals surface area (Å²) >= 11 is 0. The molecule has 2 aromatic heterocycles. The molecule has 0 aliphatic heterocycles. The first-order chi connectivity index (χ1) is 10.5. The Morgan fingerprint density at radius 3 is 2.23 bits per heavy atom. The molecule has 2 aromatic rings. The Kier molecular flexibility index (Phi) is 4.85. The molecular weight excluding hydrogens is 282 g/mol. The predicted octanol–water partition coefficient (Wildman–Crippen LogP) is 0.557. The predicted molar refractivity (Wildman–Crippen MR) is 87.2 cm³/mol. The Bertz CT molecular complexity index is 782. The van der Waals surface area contributed by atoms with E-state index in [0.717, 1.165) is 5.82 Å². The minimum absolute atomic E-state index is 0.264. The molecule has 2 N–H and O–H groups in total. The Hall–Kier alpha value is -1.89. The van der Waals surface area contributed by atoms with Gasteiger partial charge in [0, 0.05) is 26.1 Å². The summed E-state index contributed by atoms with van der Waals surface area (Å²) in [6.07, 6.45) is 0.587. The van der Waals surface area contributed by atoms with Crippen molar-refractivity contribution in [3.63, 3.8) is 0 Å². The Morgan fingerprint density at radius 2 is 1.73 bits per heavy atom. The summed E-state index contributed by atoms with van der Waals surface area (Å²) in [6.45, 7) is 9.83. The molecule has 0 aliphatic rings. The van der Waals surface area contributed by atoms with Gasteiger partial charge in [-0.05, 0) is 26.3 Å². The molecule has 0 saturated carbocycles. The molecule has 0 amide bonds. The van der Waals surface area contributed by atoms with Crippen LogP contribution >= 0.6 is 0 Å². The monoisotopic (exact) mass is 307 g/mol. The van der Waals surface area contributed by atoms with Gasteiger partial charge in [-0.15, -0.1) is 0 Å². The summed E-state index contributed by atoms with van der Waals surface area (Å²) in [5, 5.41) is 0. The maximum absolute atomic E-state index is 12.7. The van der Waals surface area contributed by atoms with Gasteiger partial charge in [0.25, 0.3) is 5.56 Å². The van der Waals surface area contributed by atoms with Gasteiger partial charge >= 0.3 is 5.69 Å². The van der Waals surface area contributed by atoms with E-state index in [9.17, 15) is 9.59 Å². The summed E-state index contributed by atoms with van der Waals surface area (Å²) in [5.74, 6) is 1.05. The molecule has 0 bridgehead atoms. The van der Waals surface area contributed by atoms with Crippen LogP contribution in [0.3, 0.4) is 0 Å². The number of hydrogen-bond donors (Lipinski definition) is 1. The van der Waals surface area contributed by atoms with Crippen LogP contribution in [0.1, 0.15) is 33.5 Å². The maximum atomic E-state index is 12.7. The SMILES string of the molecule is CCn1c(=O)c2c(nc(CCN)n2CC)n(CC(C)C)c1=O. The Labute approximate surface area is 129 Å². The molecule has 2 heterocycles. The summed E-state index contributed by atoms with van der Waals surface area (Å²) in [4.78, 5) is 29.8. The third-order valence-corrected chi connectivity index (χ3v) is 3.74. The fourth-order valence-electron chi connectivity index (χ4n) is 2.80. The third-order valence-electron chi connectivity index (χ3n) is 3.74. The van der Waals surface area contributed by atoms with E-state index in [-0.39, 0.29) is 17.2 Å². The number of fused-ring (bicyclic) bond motifs is 1. The highest BCUT2D eigenvalue weighted by atomic mass is 16.2. The lowest BCUT2D eigenvalue weighted by Gasteiger charge is -2.12. The van der Waals surface area contributed by atoms with E-state index in [1.807, 2.05) is 32.3 Å². The van der Waals surface area contributed by atoms with Crippen molar-refractivity contribution in [3.8, 4) is 0 Å². The van der Waals surface area contributed by atoms with Crippen molar-refractivity contribution in [1.82, 2.24) is 18.7 Å². The van der Waals surface area contributed by atoms with E-state index in [0.29, 0.717) is 43.8 Å². The second-order valence-electron chi connectivity index (χ2n) is 5.82. The molecule has 0 radical (unpaired) electrons. The quantitative estimate of drug-likeness (QED) is 0.844. The molecule has 0 aliphatic carbocycles. The van der Waals surface area contributed by atoms with E-state index in [4.69, 9.17) is 5.73 Å². The van der Waals surface area contributed by atoms with E-state index in [1.165, 1.54) is 4.57 Å². The maximum Gasteiger partial charge on any atom is 0.332 e. The highest BCUT2D eigenvalue weighted by Gasteiger charge is 2.20. The summed E-state index contributed by atoms with van der Waals surface area (Å²) in [6, 6.07) is 0. The Balaban J connectivity index is 2.93. The second kappa shape index (κ2) is 6.48. The van der Waals surface area contributed by atoms with Crippen LogP contribution in [0.25, 0.3) is 11.2 Å². The minimum atomic E-state index is -0.284. The van der Waals surface area contributed by atoms with E-state index in [2.05, 4.69) is 4.98 Å². The molecule has 122 valence electrons. The van der Waals surface area contributed by atoms with E-state index in [1.54, 1.807) is 4.57 Å². The number of nitrogens with zero attached hydrogens (tertiary/aromatic N) is 4. The van der Waals surface area contributed by atoms with Crippen molar-refractivity contribution in [1.29, 1.82) is 0 Å². The van der Waals surface area contributed by atoms with Gasteiger partial charge in [0.2, 0.25) is 0 Å². The summed E-state index contributed by atoms with van der Waals surface area (Å²) in [5.41, 5.74) is 6.09. The third kappa shape index (κ3) is 2.61. The van der Waals surface area contributed by atoms with Crippen molar-refractivity contribution in [2.45, 2.75) is 53.8 Å². The van der Waals surface area contributed by atoms with Gasteiger partial charge in [0.15, 0.2) is 11.2 Å². The van der Waals surface area contributed by atoms with E-state index >= 15 is 0 Å². The lowest BCUT2D eigenvalue weighted by atomic mass is 10.2. The molecule has 7 heteroatoms. The number of aromatic nitrogens is 4. The summed E-state index contributed by atoms with van der Waals surface area (Å²) in [7, 11) is 0. The molecule has 22 heavy (non-hydrogen) atoms. The molecule has 7 nitrogen and oxygen atoms in total. The molecule has 0 saturated heterocycles. The fraction of sp³-hybridized carbons (Fsp3) is 0.667. The number of imidazole rings is 1. The Morgan fingerprint density at radius 1 is 1.09 bits per heavy atom. The normalized spacial score (nSPS) is 11.7. The van der Waals surface area contributed by atoms with Gasteiger partial charge in [-0.1, -0.05) is 13.8 Å². The molecular formula is C15H25N5O2. The number of rotatable bonds is 6. The molecule has 0 aromatic carbocycles. The second-order valence-corrected chi connectivity index (χ2v) is 5.82. The average molecular weight is 307 g/mol. The number of aryl methyl sites for hydroxylation is 1. The van der Waals surface area contributed by atoms with Gasteiger partial charge in [0.05, 0.1) is 0 Å². The van der Waals surface area contributed by atoms with Crippen LogP contribution in [0.5, 0.6) is 0 Å². The van der Waals surface area contributed by atoms with Crippen molar-refractivity contribution in [3.05, 3.63) is 26.7 Å². The van der Waals surface area contributed by atoms with Crippen LogP contribution in [-0.2, 0) is 26.1 Å². The van der Waals surface area contributed by atoms with Gasteiger partial charge < -0.3 is 10.3 Å². The molecule has 0 spiro atoms. The zero-order chi connectivity index (χ0) is 16.4. The highest BCUT2D eigenvalue weighted by Crippen LogP contribution is 2.13. The van der Waals surface area contributed by atoms with Gasteiger partial charge in [-0.3, -0.25) is 13.9 Å². The smallest absolute Gasteiger partial charge is 0.330 e. The summed E-state index contributed by atoms with van der Waals surface area (Å²) < 4.78 is 4.79. The van der Waals surface area contributed by atoms with Crippen LogP contribution in [-0.4, -0.2) is 25.2 Å². The zero-order valence-electron chi connectivity index (χ0n) is 13.8. The van der Waals surface area contributed by atoms with Crippen LogP contribution in [0.2, 0.25) is 0 Å². The van der Waals surface area contributed by atoms with Crippen LogP contribution in [0, 0.1) is 5.92 Å². The standard InChI is InChI=1S/C15H25N5O2/c1-5-18-11(7-8-16)17-13-12(18)14(21)19(6-2)15(22)20(13)9-10(3)4/h10H,5-9,16H2,1-4H3. The van der Waals surface area contributed by atoms with Crippen LogP contribution in [0.15, 0.2) is 9.59 Å². The number of nitrogens with two attached hydrogens (primary N) is 1. The van der Waals surface area contributed by atoms with Gasteiger partial charge in [-0.25, -0.2) is 9.78 Å². The zero-order valence-corrected chi connectivity index (χ0v) is 13.8. The lowest BCUT2D eigenvalue weighted by Crippen LogP contribution is -2.40. The average Bonchev–Trinajstić information content (AvgIpc) is 2.82. The highest BCUT2D eigenvalue weighted by molar-refractivity contribution is 5.71. The van der Waals surface area contributed by atoms with Gasteiger partial charge in [0.1, 0.15) is 5.82 Å². The molecule has 2 rings (SSSR count). The molecule has 0 fully saturated rings. The molecule has 0 atom stereocenters. The first-order valence-electron chi connectivity index (χ1n) is 7.88. The topological polar surface area (TPSA) is 87.8 Å². The lowest BCUT2D eigenvalue weighted by molar-refractivity contribution is 0.491. The van der Waals surface area contributed by atoms with Gasteiger partial charge in [-0.2, -0.15) is 0 Å². The first kappa shape index (κ1) is 16.5. The largest absolute Gasteiger partial charge is 0.332 e. The number of hydrogen-bond acceptors (Lipinski definition) is 4. The van der Waals surface area contributed by atoms with E-state index < -0.39 is 0 Å². The fourth-order valence-corrected chi connectivity index (χ4v) is 2.80. The first-order valence-corrected chi connectivity index (χ1v) is 7.88. The van der Waals surface area contributed by atoms with Crippen LogP contribution < -0.4 is 17.0 Å². The van der Waals surface area contributed by atoms with Crippen molar-refractivity contribution < 1.29 is 0 Å². The van der Waals surface area contributed by atoms with Crippen molar-refractivity contribution >= 4 is 11.2 Å². The van der Waals surface area contributed by atoms with Crippen molar-refractivity contribution in [2.75, 3.05) is 6.54 Å². The minimum Gasteiger partial charge on any atom is -0.330 e.